The maximum Gasteiger partial charge on any atom is 0.301 e. The molecule has 0 bridgehead atoms. The second-order valence-electron chi connectivity index (χ2n) is 6.57. The van der Waals surface area contributed by atoms with Gasteiger partial charge in [0.25, 0.3) is 5.78 Å². The Balaban J connectivity index is 1.95. The number of carbonyl (C=O) groups excluding carboxylic acids is 2. The Labute approximate surface area is 174 Å². The molecule has 2 heterocycles. The highest BCUT2D eigenvalue weighted by atomic mass is 79.9. The fourth-order valence-electron chi connectivity index (χ4n) is 3.31. The van der Waals surface area contributed by atoms with E-state index in [1.807, 2.05) is 0 Å². The van der Waals surface area contributed by atoms with Gasteiger partial charge < -0.3 is 14.7 Å². The van der Waals surface area contributed by atoms with Crippen molar-refractivity contribution in [3.63, 3.8) is 0 Å². The lowest BCUT2D eigenvalue weighted by atomic mass is 9.95. The van der Waals surface area contributed by atoms with E-state index in [0.29, 0.717) is 16.9 Å². The molecule has 0 aliphatic carbocycles. The summed E-state index contributed by atoms with van der Waals surface area (Å²) in [6, 6.07) is 13.4. The van der Waals surface area contributed by atoms with Gasteiger partial charge in [-0.25, -0.2) is 0 Å². The van der Waals surface area contributed by atoms with Crippen LogP contribution in [0.2, 0.25) is 0 Å². The van der Waals surface area contributed by atoms with Gasteiger partial charge in [0.2, 0.25) is 0 Å². The summed E-state index contributed by atoms with van der Waals surface area (Å²) < 4.78 is 5.88. The van der Waals surface area contributed by atoms with Gasteiger partial charge in [0.05, 0.1) is 11.6 Å². The van der Waals surface area contributed by atoms with Gasteiger partial charge in [0, 0.05) is 16.1 Å². The number of hydrogen-bond acceptors (Lipinski definition) is 6. The van der Waals surface area contributed by atoms with Crippen LogP contribution in [-0.4, -0.2) is 27.1 Å². The van der Waals surface area contributed by atoms with E-state index in [-0.39, 0.29) is 22.9 Å². The van der Waals surface area contributed by atoms with E-state index in [0.717, 1.165) is 9.37 Å². The molecule has 3 aromatic rings. The molecule has 1 aromatic heterocycles. The van der Waals surface area contributed by atoms with Gasteiger partial charge in [0.1, 0.15) is 17.3 Å². The number of aromatic nitrogens is 1. The maximum absolute atomic E-state index is 12.9. The minimum Gasteiger partial charge on any atom is -0.508 e. The molecule has 2 N–H and O–H groups in total. The number of aliphatic hydroxyl groups excluding tert-OH is 1. The van der Waals surface area contributed by atoms with Crippen LogP contribution in [0, 0.1) is 6.92 Å². The molecule has 1 aliphatic heterocycles. The third kappa shape index (κ3) is 3.31. The normalized spacial score (nSPS) is 18.4. The fourth-order valence-corrected chi connectivity index (χ4v) is 3.57. The summed E-state index contributed by atoms with van der Waals surface area (Å²) in [5, 5.41) is 24.7. The largest absolute Gasteiger partial charge is 0.508 e. The Hall–Kier alpha value is -3.39. The number of ketones is 1. The number of benzene rings is 2. The van der Waals surface area contributed by atoms with Crippen LogP contribution < -0.4 is 4.90 Å². The highest BCUT2D eigenvalue weighted by molar-refractivity contribution is 9.10. The number of nitrogens with zero attached hydrogens (tertiary/aromatic N) is 2. The Morgan fingerprint density at radius 3 is 2.48 bits per heavy atom. The molecule has 29 heavy (non-hydrogen) atoms. The SMILES string of the molecule is Cc1cc(N2C(=O)C(=O)/C(=C(/O)c3ccc(Br)cc3)[C@H]2c2cccc(O)c2)no1. The van der Waals surface area contributed by atoms with Crippen molar-refractivity contribution in [1.29, 1.82) is 0 Å². The van der Waals surface area contributed by atoms with E-state index >= 15 is 0 Å². The fraction of sp³-hybridized carbons (Fsp3) is 0.0952. The minimum absolute atomic E-state index is 0.0342. The Morgan fingerprint density at radius 2 is 1.86 bits per heavy atom. The lowest BCUT2D eigenvalue weighted by molar-refractivity contribution is -0.132. The highest BCUT2D eigenvalue weighted by Crippen LogP contribution is 2.42. The highest BCUT2D eigenvalue weighted by Gasteiger charge is 2.48. The third-order valence-corrected chi connectivity index (χ3v) is 5.14. The standard InChI is InChI=1S/C21H15BrN2O5/c1-11-9-16(23-29-11)24-18(13-3-2-4-15(25)10-13)17(20(27)21(24)28)19(26)12-5-7-14(22)8-6-12/h2-10,18,25-26H,1H3/b19-17+/t18-/m1/s1. The van der Waals surface area contributed by atoms with Crippen LogP contribution in [-0.2, 0) is 9.59 Å². The van der Waals surface area contributed by atoms with Crippen molar-refractivity contribution in [3.05, 3.63) is 81.5 Å². The van der Waals surface area contributed by atoms with E-state index in [1.54, 1.807) is 43.3 Å². The first-order chi connectivity index (χ1) is 13.9. The van der Waals surface area contributed by atoms with Crippen molar-refractivity contribution in [2.45, 2.75) is 13.0 Å². The number of phenolic OH excluding ortho intramolecular Hbond substituents is 1. The summed E-state index contributed by atoms with van der Waals surface area (Å²) in [5.41, 5.74) is 0.736. The number of Topliss-reactive ketones (excluding diaryl/α,β-unsaturated/α-hetero) is 1. The van der Waals surface area contributed by atoms with Gasteiger partial charge in [-0.3, -0.25) is 14.5 Å². The zero-order valence-corrected chi connectivity index (χ0v) is 16.8. The van der Waals surface area contributed by atoms with Gasteiger partial charge in [-0.1, -0.05) is 45.4 Å². The molecular formula is C21H15BrN2O5. The van der Waals surface area contributed by atoms with Crippen LogP contribution >= 0.6 is 15.9 Å². The average Bonchev–Trinajstić information content (AvgIpc) is 3.23. The van der Waals surface area contributed by atoms with Crippen molar-refractivity contribution in [2.24, 2.45) is 0 Å². The molecule has 0 saturated carbocycles. The van der Waals surface area contributed by atoms with Crippen LogP contribution in [0.3, 0.4) is 0 Å². The van der Waals surface area contributed by atoms with Crippen molar-refractivity contribution < 1.29 is 24.3 Å². The predicted molar refractivity (Wildman–Crippen MR) is 108 cm³/mol. The first-order valence-corrected chi connectivity index (χ1v) is 9.45. The van der Waals surface area contributed by atoms with Crippen molar-refractivity contribution >= 4 is 39.2 Å². The lowest BCUT2D eigenvalue weighted by Gasteiger charge is -2.22. The second-order valence-corrected chi connectivity index (χ2v) is 7.48. The minimum atomic E-state index is -0.977. The van der Waals surface area contributed by atoms with E-state index in [4.69, 9.17) is 4.52 Å². The lowest BCUT2D eigenvalue weighted by Crippen LogP contribution is -2.29. The maximum atomic E-state index is 12.9. The summed E-state index contributed by atoms with van der Waals surface area (Å²) >= 11 is 3.33. The summed E-state index contributed by atoms with van der Waals surface area (Å²) in [5.74, 6) is -1.43. The second kappa shape index (κ2) is 7.21. The van der Waals surface area contributed by atoms with Crippen LogP contribution in [0.1, 0.15) is 22.9 Å². The van der Waals surface area contributed by atoms with Crippen LogP contribution in [0.15, 0.2) is 69.2 Å². The Morgan fingerprint density at radius 1 is 1.14 bits per heavy atom. The number of hydrogen-bond donors (Lipinski definition) is 2. The summed E-state index contributed by atoms with van der Waals surface area (Å²) in [6.07, 6.45) is 0. The quantitative estimate of drug-likeness (QED) is 0.351. The van der Waals surface area contributed by atoms with E-state index in [1.165, 1.54) is 18.2 Å². The molecule has 146 valence electrons. The number of halogens is 1. The summed E-state index contributed by atoms with van der Waals surface area (Å²) in [7, 11) is 0. The molecule has 1 amide bonds. The summed E-state index contributed by atoms with van der Waals surface area (Å²) in [6.45, 7) is 1.66. The van der Waals surface area contributed by atoms with Gasteiger partial charge in [-0.2, -0.15) is 0 Å². The molecule has 0 unspecified atom stereocenters. The molecule has 2 aromatic carbocycles. The van der Waals surface area contributed by atoms with Crippen LogP contribution in [0.5, 0.6) is 5.75 Å². The zero-order chi connectivity index (χ0) is 20.7. The first-order valence-electron chi connectivity index (χ1n) is 8.66. The zero-order valence-electron chi connectivity index (χ0n) is 15.2. The van der Waals surface area contributed by atoms with E-state index in [2.05, 4.69) is 21.1 Å². The van der Waals surface area contributed by atoms with E-state index < -0.39 is 17.7 Å². The number of carbonyl (C=O) groups is 2. The molecule has 1 atom stereocenters. The topological polar surface area (TPSA) is 104 Å². The average molecular weight is 455 g/mol. The molecule has 0 radical (unpaired) electrons. The van der Waals surface area contributed by atoms with Crippen LogP contribution in [0.25, 0.3) is 5.76 Å². The van der Waals surface area contributed by atoms with Crippen molar-refractivity contribution in [2.75, 3.05) is 4.90 Å². The number of anilines is 1. The van der Waals surface area contributed by atoms with Gasteiger partial charge in [-0.15, -0.1) is 0 Å². The Kier molecular flexibility index (Phi) is 4.71. The number of rotatable bonds is 3. The number of phenols is 1. The molecule has 4 rings (SSSR count). The van der Waals surface area contributed by atoms with Gasteiger partial charge in [0.15, 0.2) is 5.82 Å². The van der Waals surface area contributed by atoms with E-state index in [9.17, 15) is 19.8 Å². The van der Waals surface area contributed by atoms with Gasteiger partial charge >= 0.3 is 5.91 Å². The summed E-state index contributed by atoms with van der Waals surface area (Å²) in [4.78, 5) is 26.9. The van der Waals surface area contributed by atoms with Crippen molar-refractivity contribution in [1.82, 2.24) is 5.16 Å². The molecule has 8 heteroatoms. The van der Waals surface area contributed by atoms with Gasteiger partial charge in [-0.05, 0) is 36.8 Å². The molecule has 1 saturated heterocycles. The molecule has 1 fully saturated rings. The van der Waals surface area contributed by atoms with Crippen molar-refractivity contribution in [3.8, 4) is 5.75 Å². The number of aliphatic hydroxyl groups is 1. The number of aryl methyl sites for hydroxylation is 1. The number of aromatic hydroxyl groups is 1. The molecule has 1 aliphatic rings. The predicted octanol–water partition coefficient (Wildman–Crippen LogP) is 4.08. The smallest absolute Gasteiger partial charge is 0.301 e. The van der Waals surface area contributed by atoms with Crippen LogP contribution in [0.4, 0.5) is 5.82 Å². The third-order valence-electron chi connectivity index (χ3n) is 4.61. The molecule has 0 spiro atoms. The molecular weight excluding hydrogens is 440 g/mol. The monoisotopic (exact) mass is 454 g/mol. The first kappa shape index (κ1) is 18.9. The Bertz CT molecular complexity index is 1150. The number of amides is 1. The molecule has 7 nitrogen and oxygen atoms in total.